The summed E-state index contributed by atoms with van der Waals surface area (Å²) in [5.41, 5.74) is 1.39. The van der Waals surface area contributed by atoms with Crippen LogP contribution in [0.2, 0.25) is 0 Å². The van der Waals surface area contributed by atoms with Gasteiger partial charge in [0.2, 0.25) is 0 Å². The summed E-state index contributed by atoms with van der Waals surface area (Å²) in [4.78, 5) is 0. The molecule has 1 aromatic carbocycles. The second-order valence-electron chi connectivity index (χ2n) is 6.86. The van der Waals surface area contributed by atoms with Crippen LogP contribution in [0.5, 0.6) is 5.75 Å². The third kappa shape index (κ3) is 3.29. The first kappa shape index (κ1) is 15.4. The van der Waals surface area contributed by atoms with Crippen molar-refractivity contribution in [3.63, 3.8) is 0 Å². The van der Waals surface area contributed by atoms with Gasteiger partial charge in [-0.3, -0.25) is 0 Å². The molecule has 116 valence electrons. The average molecular weight is 352 g/mol. The van der Waals surface area contributed by atoms with Crippen molar-refractivity contribution in [1.82, 2.24) is 5.32 Å². The fourth-order valence-electron chi connectivity index (χ4n) is 3.74. The maximum atomic E-state index is 6.53. The van der Waals surface area contributed by atoms with Crippen LogP contribution >= 0.6 is 15.9 Å². The molecule has 0 radical (unpaired) electrons. The van der Waals surface area contributed by atoms with E-state index >= 15 is 0 Å². The van der Waals surface area contributed by atoms with Gasteiger partial charge in [-0.05, 0) is 56.7 Å². The molecule has 1 aliphatic heterocycles. The first-order valence-electron chi connectivity index (χ1n) is 8.34. The Morgan fingerprint density at radius 1 is 1.33 bits per heavy atom. The zero-order valence-corrected chi connectivity index (χ0v) is 14.7. The quantitative estimate of drug-likeness (QED) is 0.805. The zero-order chi connectivity index (χ0) is 14.9. The number of hydrogen-bond acceptors (Lipinski definition) is 2. The highest BCUT2D eigenvalue weighted by molar-refractivity contribution is 9.10. The molecule has 0 saturated heterocycles. The van der Waals surface area contributed by atoms with E-state index in [1.165, 1.54) is 37.7 Å². The Kier molecular flexibility index (Phi) is 4.60. The topological polar surface area (TPSA) is 21.3 Å². The van der Waals surface area contributed by atoms with Gasteiger partial charge in [0, 0.05) is 22.5 Å². The molecule has 1 heterocycles. The molecule has 3 heteroatoms. The van der Waals surface area contributed by atoms with Crippen molar-refractivity contribution < 1.29 is 4.74 Å². The molecule has 1 N–H and O–H groups in total. The molecule has 1 saturated carbocycles. The number of benzene rings is 1. The second-order valence-corrected chi connectivity index (χ2v) is 7.78. The first-order chi connectivity index (χ1) is 10.1. The van der Waals surface area contributed by atoms with Crippen molar-refractivity contribution in [2.45, 2.75) is 64.0 Å². The molecule has 3 rings (SSSR count). The van der Waals surface area contributed by atoms with Crippen LogP contribution < -0.4 is 10.1 Å². The predicted octanol–water partition coefficient (Wildman–Crippen LogP) is 5.22. The van der Waals surface area contributed by atoms with Crippen molar-refractivity contribution in [3.05, 3.63) is 28.2 Å². The van der Waals surface area contributed by atoms with Crippen molar-refractivity contribution in [1.29, 1.82) is 0 Å². The average Bonchev–Trinajstić information content (AvgIpc) is 2.47. The van der Waals surface area contributed by atoms with E-state index in [0.717, 1.165) is 29.1 Å². The Bertz CT molecular complexity index is 494. The predicted molar refractivity (Wildman–Crippen MR) is 90.8 cm³/mol. The molecule has 1 aliphatic carbocycles. The number of rotatable bonds is 3. The van der Waals surface area contributed by atoms with E-state index in [9.17, 15) is 0 Å². The molecule has 2 aliphatic rings. The summed E-state index contributed by atoms with van der Waals surface area (Å²) < 4.78 is 7.64. The standard InChI is InChI=1S/C18H26BrNO/c1-3-10-20-16-12-18(8-6-13(2)7-9-18)21-17-11-14(19)4-5-15(16)17/h4-5,11,13,16,20H,3,6-10,12H2,1-2H3. The molecule has 1 aromatic rings. The van der Waals surface area contributed by atoms with E-state index in [1.54, 1.807) is 0 Å². The van der Waals surface area contributed by atoms with Crippen LogP contribution in [0, 0.1) is 5.92 Å². The molecule has 2 nitrogen and oxygen atoms in total. The lowest BCUT2D eigenvalue weighted by atomic mass is 9.74. The molecule has 1 atom stereocenters. The third-order valence-corrected chi connectivity index (χ3v) is 5.57. The monoisotopic (exact) mass is 351 g/mol. The summed E-state index contributed by atoms with van der Waals surface area (Å²) in [6.07, 6.45) is 7.28. The van der Waals surface area contributed by atoms with Crippen LogP contribution in [0.3, 0.4) is 0 Å². The smallest absolute Gasteiger partial charge is 0.126 e. The van der Waals surface area contributed by atoms with Gasteiger partial charge in [-0.1, -0.05) is 35.8 Å². The normalized spacial score (nSPS) is 31.8. The number of ether oxygens (including phenoxy) is 1. The Labute approximate surface area is 136 Å². The zero-order valence-electron chi connectivity index (χ0n) is 13.1. The maximum Gasteiger partial charge on any atom is 0.126 e. The second kappa shape index (κ2) is 6.29. The number of hydrogen-bond donors (Lipinski definition) is 1. The highest BCUT2D eigenvalue weighted by Crippen LogP contribution is 2.47. The van der Waals surface area contributed by atoms with Crippen LogP contribution in [0.25, 0.3) is 0 Å². The van der Waals surface area contributed by atoms with Gasteiger partial charge in [-0.15, -0.1) is 0 Å². The maximum absolute atomic E-state index is 6.53. The van der Waals surface area contributed by atoms with Crippen LogP contribution in [-0.2, 0) is 0 Å². The largest absolute Gasteiger partial charge is 0.487 e. The summed E-state index contributed by atoms with van der Waals surface area (Å²) >= 11 is 3.58. The summed E-state index contributed by atoms with van der Waals surface area (Å²) in [6, 6.07) is 6.93. The van der Waals surface area contributed by atoms with Gasteiger partial charge in [-0.25, -0.2) is 0 Å². The van der Waals surface area contributed by atoms with Crippen LogP contribution in [0.1, 0.15) is 64.0 Å². The molecule has 0 amide bonds. The van der Waals surface area contributed by atoms with Crippen LogP contribution in [0.15, 0.2) is 22.7 Å². The lowest BCUT2D eigenvalue weighted by molar-refractivity contribution is -0.0128. The lowest BCUT2D eigenvalue weighted by Crippen LogP contribution is -2.46. The third-order valence-electron chi connectivity index (χ3n) is 5.08. The Morgan fingerprint density at radius 2 is 2.10 bits per heavy atom. The van der Waals surface area contributed by atoms with E-state index < -0.39 is 0 Å². The Balaban J connectivity index is 1.87. The molecule has 0 aromatic heterocycles. The van der Waals surface area contributed by atoms with Gasteiger partial charge in [0.25, 0.3) is 0 Å². The van der Waals surface area contributed by atoms with E-state index in [4.69, 9.17) is 4.74 Å². The minimum absolute atomic E-state index is 0.0612. The Morgan fingerprint density at radius 3 is 2.81 bits per heavy atom. The number of nitrogens with one attached hydrogen (secondary N) is 1. The van der Waals surface area contributed by atoms with Gasteiger partial charge in [0.1, 0.15) is 11.4 Å². The van der Waals surface area contributed by atoms with Crippen LogP contribution in [0.4, 0.5) is 0 Å². The Hall–Kier alpha value is -0.540. The highest BCUT2D eigenvalue weighted by atomic mass is 79.9. The van der Waals surface area contributed by atoms with E-state index in [2.05, 4.69) is 53.3 Å². The molecule has 0 bridgehead atoms. The molecule has 1 spiro atoms. The summed E-state index contributed by atoms with van der Waals surface area (Å²) in [5, 5.41) is 3.73. The minimum Gasteiger partial charge on any atom is -0.487 e. The SMILES string of the molecule is CCCNC1CC2(CCC(C)CC2)Oc2cc(Br)ccc21. The van der Waals surface area contributed by atoms with Gasteiger partial charge in [0.05, 0.1) is 0 Å². The van der Waals surface area contributed by atoms with Crippen molar-refractivity contribution >= 4 is 15.9 Å². The summed E-state index contributed by atoms with van der Waals surface area (Å²) in [5.74, 6) is 1.93. The van der Waals surface area contributed by atoms with E-state index in [1.807, 2.05) is 0 Å². The van der Waals surface area contributed by atoms with E-state index in [0.29, 0.717) is 6.04 Å². The van der Waals surface area contributed by atoms with Crippen LogP contribution in [-0.4, -0.2) is 12.1 Å². The minimum atomic E-state index is 0.0612. The van der Waals surface area contributed by atoms with E-state index in [-0.39, 0.29) is 5.60 Å². The van der Waals surface area contributed by atoms with Gasteiger partial charge >= 0.3 is 0 Å². The van der Waals surface area contributed by atoms with Crippen molar-refractivity contribution in [2.75, 3.05) is 6.54 Å². The van der Waals surface area contributed by atoms with Gasteiger partial charge < -0.3 is 10.1 Å². The molecule has 21 heavy (non-hydrogen) atoms. The molecular formula is C18H26BrNO. The fourth-order valence-corrected chi connectivity index (χ4v) is 4.08. The fraction of sp³-hybridized carbons (Fsp3) is 0.667. The van der Waals surface area contributed by atoms with Gasteiger partial charge in [0.15, 0.2) is 0 Å². The van der Waals surface area contributed by atoms with Gasteiger partial charge in [-0.2, -0.15) is 0 Å². The van der Waals surface area contributed by atoms with Crippen molar-refractivity contribution in [2.24, 2.45) is 5.92 Å². The summed E-state index contributed by atoms with van der Waals surface area (Å²) in [6.45, 7) is 5.67. The molecule has 1 fully saturated rings. The first-order valence-corrected chi connectivity index (χ1v) is 9.13. The number of fused-ring (bicyclic) bond motifs is 1. The number of halogens is 1. The highest BCUT2D eigenvalue weighted by Gasteiger charge is 2.42. The summed E-state index contributed by atoms with van der Waals surface area (Å²) in [7, 11) is 0. The lowest BCUT2D eigenvalue weighted by Gasteiger charge is -2.46. The molecule has 1 unspecified atom stereocenters. The molecular weight excluding hydrogens is 326 g/mol. The van der Waals surface area contributed by atoms with Crippen molar-refractivity contribution in [3.8, 4) is 5.75 Å².